The molecule has 4 heterocycles. The summed E-state index contributed by atoms with van der Waals surface area (Å²) in [6, 6.07) is 56.0. The lowest BCUT2D eigenvalue weighted by atomic mass is 9.33. The van der Waals surface area contributed by atoms with Gasteiger partial charge in [-0.15, -0.1) is 0 Å². The minimum Gasteiger partial charge on any atom is -0.311 e. The third kappa shape index (κ3) is 10.9. The summed E-state index contributed by atoms with van der Waals surface area (Å²) < 4.78 is 153. The first kappa shape index (κ1) is 49.7. The van der Waals surface area contributed by atoms with Gasteiger partial charge in [0, 0.05) is 66.5 Å². The molecule has 0 N–H and O–H groups in total. The minimum atomic E-state index is -0.551. The van der Waals surface area contributed by atoms with Gasteiger partial charge in [-0.1, -0.05) is 310 Å². The smallest absolute Gasteiger partial charge is 0.252 e. The van der Waals surface area contributed by atoms with Crippen molar-refractivity contribution in [3.63, 3.8) is 0 Å². The van der Waals surface area contributed by atoms with E-state index in [9.17, 15) is 16.4 Å². The number of hydrogen-bond acceptors (Lipinski definition) is 2. The Hall–Kier alpha value is -10.9. The van der Waals surface area contributed by atoms with Crippen LogP contribution >= 0.6 is 0 Å². The zero-order valence-electron chi connectivity index (χ0n) is 77.2. The van der Waals surface area contributed by atoms with Crippen LogP contribution in [-0.2, 0) is 27.1 Å². The van der Waals surface area contributed by atoms with Gasteiger partial charge in [0.05, 0.1) is 66.7 Å². The average Bonchev–Trinajstić information content (AvgIpc) is 1.16. The molecule has 2 aliphatic rings. The molecule has 15 aromatic rings. The highest BCUT2D eigenvalue weighted by molar-refractivity contribution is 7.00. The first-order valence-corrected chi connectivity index (χ1v) is 35.7. The number of benzene rings is 13. The van der Waals surface area contributed by atoms with Gasteiger partial charge in [0.25, 0.3) is 6.71 Å². The summed E-state index contributed by atoms with van der Waals surface area (Å²) in [6.45, 7) is 33.1. The van der Waals surface area contributed by atoms with Gasteiger partial charge in [0.15, 0.2) is 0 Å². The highest BCUT2D eigenvalue weighted by Gasteiger charge is 2.46. The molecule has 0 spiro atoms. The third-order valence-electron chi connectivity index (χ3n) is 21.2. The zero-order valence-corrected chi connectivity index (χ0v) is 61.2. The van der Waals surface area contributed by atoms with Gasteiger partial charge in [-0.05, 0) is 166 Å². The first-order valence-electron chi connectivity index (χ1n) is 43.7. The second-order valence-electron chi connectivity index (χ2n) is 33.1. The van der Waals surface area contributed by atoms with Crippen molar-refractivity contribution < 1.29 is 21.9 Å². The van der Waals surface area contributed by atoms with Gasteiger partial charge in [0.2, 0.25) is 0 Å². The van der Waals surface area contributed by atoms with E-state index in [2.05, 4.69) is 211 Å². The molecular formula is C98H91BN4. The molecule has 2 aromatic heterocycles. The lowest BCUT2D eigenvalue weighted by molar-refractivity contribution is 0.568. The maximum atomic E-state index is 9.72. The van der Waals surface area contributed by atoms with E-state index in [1.807, 2.05) is 84.9 Å². The highest BCUT2D eigenvalue weighted by atomic mass is 15.2. The highest BCUT2D eigenvalue weighted by Crippen LogP contribution is 2.53. The predicted molar refractivity (Wildman–Crippen MR) is 444 cm³/mol. The van der Waals surface area contributed by atoms with Crippen LogP contribution in [0.1, 0.15) is 154 Å². The van der Waals surface area contributed by atoms with E-state index < -0.39 is 109 Å². The quantitative estimate of drug-likeness (QED) is 0.141. The fraction of sp³-hybridized carbons (Fsp3) is 0.204. The molecule has 2 aliphatic heterocycles. The van der Waals surface area contributed by atoms with Gasteiger partial charge in [-0.25, -0.2) is 0 Å². The predicted octanol–water partition coefficient (Wildman–Crippen LogP) is 25.1. The van der Waals surface area contributed by atoms with Crippen LogP contribution in [0.25, 0.3) is 99.5 Å². The Balaban J connectivity index is 1.02. The molecule has 4 nitrogen and oxygen atoms in total. The molecule has 0 bridgehead atoms. The van der Waals surface area contributed by atoms with Crippen LogP contribution in [0.3, 0.4) is 0 Å². The summed E-state index contributed by atoms with van der Waals surface area (Å²) in [4.78, 5) is 4.71. The van der Waals surface area contributed by atoms with E-state index in [0.717, 1.165) is 67.0 Å². The summed E-state index contributed by atoms with van der Waals surface area (Å²) in [5.74, 6) is 0. The van der Waals surface area contributed by atoms with E-state index in [-0.39, 0.29) is 65.3 Å². The van der Waals surface area contributed by atoms with Crippen LogP contribution in [-0.4, -0.2) is 15.8 Å². The van der Waals surface area contributed by atoms with Crippen molar-refractivity contribution in [2.75, 3.05) is 9.80 Å². The molecular weight excluding hydrogens is 1240 g/mol. The molecule has 17 rings (SSSR count). The van der Waals surface area contributed by atoms with Crippen LogP contribution in [0.2, 0.25) is 0 Å². The van der Waals surface area contributed by atoms with E-state index in [1.54, 1.807) is 9.13 Å². The van der Waals surface area contributed by atoms with Gasteiger partial charge in [0.1, 0.15) is 0 Å². The topological polar surface area (TPSA) is 16.3 Å². The molecule has 0 radical (unpaired) electrons. The number of nitrogens with zero attached hydrogens (tertiary/aromatic N) is 4. The molecule has 13 aromatic carbocycles. The maximum absolute atomic E-state index is 9.72. The van der Waals surface area contributed by atoms with Crippen molar-refractivity contribution in [2.24, 2.45) is 0 Å². The molecule has 0 fully saturated rings. The Kier molecular flexibility index (Phi) is 11.5. The summed E-state index contributed by atoms with van der Waals surface area (Å²) in [5, 5.41) is -0.133. The van der Waals surface area contributed by atoms with Crippen LogP contribution in [0.15, 0.2) is 279 Å². The summed E-state index contributed by atoms with van der Waals surface area (Å²) in [7, 11) is 0. The molecule has 103 heavy (non-hydrogen) atoms. The monoisotopic (exact) mass is 1350 g/mol. The van der Waals surface area contributed by atoms with Crippen molar-refractivity contribution in [1.82, 2.24) is 9.13 Å². The normalized spacial score (nSPS) is 15.5. The number of anilines is 6. The van der Waals surface area contributed by atoms with E-state index in [0.29, 0.717) is 45.0 Å². The van der Waals surface area contributed by atoms with E-state index in [4.69, 9.17) is 5.48 Å². The van der Waals surface area contributed by atoms with Crippen LogP contribution < -0.4 is 26.2 Å². The molecule has 0 aliphatic carbocycles. The van der Waals surface area contributed by atoms with Crippen molar-refractivity contribution in [3.05, 3.63) is 306 Å². The molecule has 506 valence electrons. The van der Waals surface area contributed by atoms with E-state index in [1.165, 1.54) is 22.3 Å². The fourth-order valence-corrected chi connectivity index (χ4v) is 15.5. The Bertz CT molecular complexity index is 6320. The SMILES string of the molecule is [2H]c1c([2H])c([2H])c2c(c1[2H])c1c([2H])c([2H])c([2H])c([2H])c1n2-c1ccccc1-c1ccccc1N1c2ccc(-c3cc(C(C)(C)C)cc(C(C)(C)C)c3)cc2B2c3cc(-c4cc(C(C)(C)C)cc(C(C)(C)C)c4)ccc3N(c3ccccc3-c3ccccc3-n3c4c([2H])c([2H])c([2H])c([2H])c4c4c([2H])c([2H])c([2H])c([2H])c43)c3cc(C(C)(C)C)cc1c32. The first-order chi connectivity index (χ1) is 55.9. The summed E-state index contributed by atoms with van der Waals surface area (Å²) in [6.07, 6.45) is 0. The number of fused-ring (bicyclic) bond motifs is 10. The number of para-hydroxylation sites is 8. The zero-order chi connectivity index (χ0) is 85.3. The Labute approximate surface area is 632 Å². The van der Waals surface area contributed by atoms with E-state index >= 15 is 0 Å². The van der Waals surface area contributed by atoms with Crippen molar-refractivity contribution in [1.29, 1.82) is 0 Å². The van der Waals surface area contributed by atoms with Crippen molar-refractivity contribution in [3.8, 4) is 55.9 Å². The molecule has 5 heteroatoms. The van der Waals surface area contributed by atoms with Gasteiger partial charge >= 0.3 is 0 Å². The second-order valence-corrected chi connectivity index (χ2v) is 33.1. The molecule has 0 saturated carbocycles. The standard InChI is InChI=1S/C98H91BN4/c1-94(2,3)66-52-64(53-67(58-66)95(4,5)6)62-48-50-89-79(56-62)99-80-57-63(65-54-68(96(7,8)9)59-69(55-65)97(10,11)12)49-51-90(80)103(88-47-31-23-39-78(88)76-37-21-29-45-86(76)101-83-42-26-18-34-73(83)74-35-19-27-43-84(74)101)92-61-70(98(13,14)15)60-91(93(92)99)102(89)87-46-30-22-38-77(87)75-36-20-28-44-85(75)100-81-40-24-16-32-71(81)72-33-17-25-41-82(72)100/h16-61H,1-15H3/i16D,17D,18D,19D,24D,25D,26D,27D,32D,33D,34D,35D,40D,41D,42D,43D. The molecule has 0 saturated heterocycles. The lowest BCUT2D eigenvalue weighted by Crippen LogP contribution is -2.61. The maximum Gasteiger partial charge on any atom is 0.252 e. The van der Waals surface area contributed by atoms with Crippen LogP contribution in [0.5, 0.6) is 0 Å². The van der Waals surface area contributed by atoms with Gasteiger partial charge < -0.3 is 18.9 Å². The molecule has 0 amide bonds. The minimum absolute atomic E-state index is 0.00434. The Morgan fingerprint density at radius 2 is 0.524 bits per heavy atom. The Morgan fingerprint density at radius 3 is 0.835 bits per heavy atom. The average molecular weight is 1350 g/mol. The molecule has 0 atom stereocenters. The number of hydrogen-bond donors (Lipinski definition) is 0. The molecule has 0 unspecified atom stereocenters. The van der Waals surface area contributed by atoms with Crippen molar-refractivity contribution >= 4 is 101 Å². The number of aromatic nitrogens is 2. The number of rotatable bonds is 8. The summed E-state index contributed by atoms with van der Waals surface area (Å²) in [5.41, 5.74) is 19.3. The second kappa shape index (κ2) is 23.9. The van der Waals surface area contributed by atoms with Gasteiger partial charge in [-0.2, -0.15) is 0 Å². The van der Waals surface area contributed by atoms with Crippen LogP contribution in [0, 0.1) is 0 Å². The Morgan fingerprint density at radius 1 is 0.252 bits per heavy atom. The largest absolute Gasteiger partial charge is 0.311 e. The van der Waals surface area contributed by atoms with Gasteiger partial charge in [-0.3, -0.25) is 0 Å². The van der Waals surface area contributed by atoms with Crippen LogP contribution in [0.4, 0.5) is 34.1 Å². The third-order valence-corrected chi connectivity index (χ3v) is 21.2. The van der Waals surface area contributed by atoms with Crippen molar-refractivity contribution in [2.45, 2.75) is 131 Å². The fourth-order valence-electron chi connectivity index (χ4n) is 15.5. The lowest BCUT2D eigenvalue weighted by Gasteiger charge is -2.46. The summed E-state index contributed by atoms with van der Waals surface area (Å²) >= 11 is 0.